The van der Waals surface area contributed by atoms with Crippen LogP contribution in [-0.2, 0) is 6.54 Å². The van der Waals surface area contributed by atoms with Gasteiger partial charge in [0.15, 0.2) is 5.65 Å². The summed E-state index contributed by atoms with van der Waals surface area (Å²) >= 11 is 1.44. The monoisotopic (exact) mass is 475 g/mol. The van der Waals surface area contributed by atoms with E-state index < -0.39 is 6.10 Å². The van der Waals surface area contributed by atoms with Gasteiger partial charge in [0, 0.05) is 0 Å². The largest absolute Gasteiger partial charge is 0.387 e. The zero-order valence-electron chi connectivity index (χ0n) is 19.4. The van der Waals surface area contributed by atoms with E-state index >= 15 is 0 Å². The van der Waals surface area contributed by atoms with Crippen molar-refractivity contribution in [1.82, 2.24) is 29.3 Å². The number of aromatic nitrogens is 6. The standard InChI is InChI=1S/C24H25N7O2S/c1-12(2)15-7-5-6-8-16(15)31-17(28-23-18(24(31)33)13(3)10-34-23)9-30-22-19(20(29-30)14(4)32)21(25)26-11-27-22/h5-8,10-12,14,32H,9H2,1-4H3,(H2,25,26,27)/t14-/m1/s1. The Kier molecular flexibility index (Phi) is 5.41. The highest BCUT2D eigenvalue weighted by Crippen LogP contribution is 2.29. The molecule has 9 nitrogen and oxygen atoms in total. The molecule has 4 aromatic heterocycles. The molecule has 3 N–H and O–H groups in total. The Hall–Kier alpha value is -3.63. The lowest BCUT2D eigenvalue weighted by Gasteiger charge is -2.18. The second-order valence-electron chi connectivity index (χ2n) is 8.66. The van der Waals surface area contributed by atoms with Crippen LogP contribution in [0.25, 0.3) is 26.9 Å². The van der Waals surface area contributed by atoms with E-state index in [9.17, 15) is 9.90 Å². The molecule has 0 saturated heterocycles. The molecule has 0 aliphatic carbocycles. The third-order valence-electron chi connectivity index (χ3n) is 5.93. The smallest absolute Gasteiger partial charge is 0.267 e. The van der Waals surface area contributed by atoms with E-state index in [1.54, 1.807) is 16.2 Å². The summed E-state index contributed by atoms with van der Waals surface area (Å²) in [5.41, 5.74) is 9.57. The van der Waals surface area contributed by atoms with Gasteiger partial charge in [0.25, 0.3) is 5.56 Å². The number of aryl methyl sites for hydroxylation is 1. The molecule has 0 aliphatic heterocycles. The van der Waals surface area contributed by atoms with Gasteiger partial charge in [-0.1, -0.05) is 32.0 Å². The minimum absolute atomic E-state index is 0.117. The molecule has 0 amide bonds. The lowest BCUT2D eigenvalue weighted by atomic mass is 10.0. The molecule has 10 heteroatoms. The van der Waals surface area contributed by atoms with Crippen molar-refractivity contribution in [2.45, 2.75) is 46.3 Å². The number of aliphatic hydroxyl groups is 1. The van der Waals surface area contributed by atoms with E-state index in [1.807, 2.05) is 36.6 Å². The predicted octanol–water partition coefficient (Wildman–Crippen LogP) is 3.70. The van der Waals surface area contributed by atoms with Gasteiger partial charge in [-0.15, -0.1) is 11.3 Å². The van der Waals surface area contributed by atoms with Crippen LogP contribution in [0.15, 0.2) is 40.8 Å². The second kappa shape index (κ2) is 8.30. The van der Waals surface area contributed by atoms with E-state index in [4.69, 9.17) is 10.7 Å². The van der Waals surface area contributed by atoms with Crippen molar-refractivity contribution >= 4 is 38.4 Å². The van der Waals surface area contributed by atoms with Crippen molar-refractivity contribution in [3.8, 4) is 5.69 Å². The van der Waals surface area contributed by atoms with Crippen molar-refractivity contribution in [1.29, 1.82) is 0 Å². The van der Waals surface area contributed by atoms with Crippen LogP contribution in [0.5, 0.6) is 0 Å². The number of anilines is 1. The molecule has 0 unspecified atom stereocenters. The number of nitrogens with two attached hydrogens (primary N) is 1. The first-order valence-electron chi connectivity index (χ1n) is 11.0. The fourth-order valence-electron chi connectivity index (χ4n) is 4.30. The number of benzene rings is 1. The van der Waals surface area contributed by atoms with Crippen molar-refractivity contribution in [2.75, 3.05) is 5.73 Å². The molecule has 0 aliphatic rings. The molecule has 174 valence electrons. The van der Waals surface area contributed by atoms with E-state index in [1.165, 1.54) is 17.7 Å². The number of aliphatic hydroxyl groups excluding tert-OH is 1. The fraction of sp³-hybridized carbons (Fsp3) is 0.292. The molecule has 0 radical (unpaired) electrons. The highest BCUT2D eigenvalue weighted by atomic mass is 32.1. The summed E-state index contributed by atoms with van der Waals surface area (Å²) in [5, 5.41) is 17.9. The molecule has 0 saturated carbocycles. The van der Waals surface area contributed by atoms with Gasteiger partial charge in [-0.2, -0.15) is 5.10 Å². The number of hydrogen-bond acceptors (Lipinski definition) is 8. The van der Waals surface area contributed by atoms with Crippen LogP contribution in [0.4, 0.5) is 5.82 Å². The molecule has 5 rings (SSSR count). The maximum atomic E-state index is 13.8. The molecular weight excluding hydrogens is 450 g/mol. The lowest BCUT2D eigenvalue weighted by Crippen LogP contribution is -2.26. The Morgan fingerprint density at radius 2 is 1.91 bits per heavy atom. The van der Waals surface area contributed by atoms with Gasteiger partial charge < -0.3 is 10.8 Å². The van der Waals surface area contributed by atoms with Crippen LogP contribution < -0.4 is 11.3 Å². The Balaban J connectivity index is 1.80. The van der Waals surface area contributed by atoms with E-state index in [-0.39, 0.29) is 23.8 Å². The third-order valence-corrected chi connectivity index (χ3v) is 6.92. The van der Waals surface area contributed by atoms with Gasteiger partial charge in [0.1, 0.15) is 35.0 Å². The summed E-state index contributed by atoms with van der Waals surface area (Å²) < 4.78 is 3.30. The number of para-hydroxylation sites is 1. The number of fused-ring (bicyclic) bond motifs is 2. The molecule has 1 aromatic carbocycles. The molecular formula is C24H25N7O2S. The summed E-state index contributed by atoms with van der Waals surface area (Å²) in [7, 11) is 0. The first kappa shape index (κ1) is 22.2. The van der Waals surface area contributed by atoms with Gasteiger partial charge in [0.05, 0.1) is 22.6 Å². The molecule has 1 atom stereocenters. The Labute approximate surface area is 199 Å². The normalized spacial score (nSPS) is 12.8. The van der Waals surface area contributed by atoms with Crippen LogP contribution in [0.2, 0.25) is 0 Å². The molecule has 0 bridgehead atoms. The maximum Gasteiger partial charge on any atom is 0.267 e. The van der Waals surface area contributed by atoms with Gasteiger partial charge in [-0.05, 0) is 42.3 Å². The SMILES string of the molecule is Cc1csc2nc(Cn3nc([C@@H](C)O)c4c(N)ncnc43)n(-c3ccccc3C(C)C)c(=O)c12. The maximum absolute atomic E-state index is 13.8. The third kappa shape index (κ3) is 3.46. The van der Waals surface area contributed by atoms with Crippen LogP contribution in [0, 0.1) is 6.92 Å². The van der Waals surface area contributed by atoms with Crippen molar-refractivity contribution in [3.63, 3.8) is 0 Å². The number of nitrogen functional groups attached to an aromatic ring is 1. The topological polar surface area (TPSA) is 125 Å². The zero-order valence-corrected chi connectivity index (χ0v) is 20.2. The van der Waals surface area contributed by atoms with Crippen molar-refractivity contribution in [2.24, 2.45) is 0 Å². The first-order valence-corrected chi connectivity index (χ1v) is 11.9. The average Bonchev–Trinajstić information content (AvgIpc) is 3.36. The number of thiophene rings is 1. The molecule has 4 heterocycles. The molecule has 0 spiro atoms. The first-order chi connectivity index (χ1) is 16.3. The average molecular weight is 476 g/mol. The number of hydrogen-bond donors (Lipinski definition) is 2. The Morgan fingerprint density at radius 1 is 1.15 bits per heavy atom. The van der Waals surface area contributed by atoms with E-state index in [0.717, 1.165) is 16.8 Å². The Bertz CT molecular complexity index is 1600. The van der Waals surface area contributed by atoms with Crippen LogP contribution in [0.1, 0.15) is 55.4 Å². The summed E-state index contributed by atoms with van der Waals surface area (Å²) in [4.78, 5) is 27.8. The van der Waals surface area contributed by atoms with E-state index in [2.05, 4.69) is 28.9 Å². The van der Waals surface area contributed by atoms with Crippen LogP contribution in [0.3, 0.4) is 0 Å². The van der Waals surface area contributed by atoms with Crippen molar-refractivity contribution in [3.05, 3.63) is 69.0 Å². The number of rotatable bonds is 5. The fourth-order valence-corrected chi connectivity index (χ4v) is 5.23. The number of nitrogens with zero attached hydrogens (tertiary/aromatic N) is 6. The highest BCUT2D eigenvalue weighted by molar-refractivity contribution is 7.16. The summed E-state index contributed by atoms with van der Waals surface area (Å²) in [6.45, 7) is 7.90. The second-order valence-corrected chi connectivity index (χ2v) is 9.52. The summed E-state index contributed by atoms with van der Waals surface area (Å²) in [6, 6.07) is 7.87. The molecule has 5 aromatic rings. The van der Waals surface area contributed by atoms with Gasteiger partial charge in [0.2, 0.25) is 0 Å². The van der Waals surface area contributed by atoms with Crippen molar-refractivity contribution < 1.29 is 5.11 Å². The highest BCUT2D eigenvalue weighted by Gasteiger charge is 2.23. The van der Waals surface area contributed by atoms with Gasteiger partial charge in [-0.25, -0.2) is 19.6 Å². The lowest BCUT2D eigenvalue weighted by molar-refractivity contribution is 0.194. The molecule has 0 fully saturated rings. The van der Waals surface area contributed by atoms with Gasteiger partial charge in [-0.3, -0.25) is 9.36 Å². The minimum atomic E-state index is -0.865. The van der Waals surface area contributed by atoms with Crippen LogP contribution >= 0.6 is 11.3 Å². The Morgan fingerprint density at radius 3 is 2.65 bits per heavy atom. The van der Waals surface area contributed by atoms with Crippen LogP contribution in [-0.4, -0.2) is 34.4 Å². The summed E-state index contributed by atoms with van der Waals surface area (Å²) in [6.07, 6.45) is 0.499. The zero-order chi connectivity index (χ0) is 24.1. The molecule has 34 heavy (non-hydrogen) atoms. The van der Waals surface area contributed by atoms with Gasteiger partial charge >= 0.3 is 0 Å². The predicted molar refractivity (Wildman–Crippen MR) is 134 cm³/mol. The summed E-state index contributed by atoms with van der Waals surface area (Å²) in [5.74, 6) is 0.966. The van der Waals surface area contributed by atoms with E-state index in [0.29, 0.717) is 32.8 Å². The minimum Gasteiger partial charge on any atom is -0.387 e. The quantitative estimate of drug-likeness (QED) is 0.397.